The number of carbonyl (C=O) groups is 2. The molecule has 136 valence electrons. The first kappa shape index (κ1) is 18.1. The summed E-state index contributed by atoms with van der Waals surface area (Å²) in [6.07, 6.45) is 2.58. The Labute approximate surface area is 153 Å². The van der Waals surface area contributed by atoms with Crippen molar-refractivity contribution in [3.8, 4) is 0 Å². The van der Waals surface area contributed by atoms with Gasteiger partial charge in [0.1, 0.15) is 5.82 Å². The van der Waals surface area contributed by atoms with E-state index < -0.39 is 0 Å². The molecule has 0 bridgehead atoms. The molecule has 1 heterocycles. The molecule has 1 aliphatic rings. The highest BCUT2D eigenvalue weighted by molar-refractivity contribution is 5.95. The Morgan fingerprint density at radius 1 is 1.12 bits per heavy atom. The first-order valence-electron chi connectivity index (χ1n) is 8.98. The second-order valence-electron chi connectivity index (χ2n) is 6.69. The van der Waals surface area contributed by atoms with Gasteiger partial charge in [0.25, 0.3) is 0 Å². The van der Waals surface area contributed by atoms with Gasteiger partial charge < -0.3 is 10.2 Å². The van der Waals surface area contributed by atoms with Gasteiger partial charge >= 0.3 is 0 Å². The van der Waals surface area contributed by atoms with Crippen LogP contribution in [0.2, 0.25) is 0 Å². The van der Waals surface area contributed by atoms with Crippen LogP contribution in [0.1, 0.15) is 24.8 Å². The van der Waals surface area contributed by atoms with Gasteiger partial charge in [-0.25, -0.2) is 4.39 Å². The molecule has 2 amide bonds. The normalized spacial score (nSPS) is 16.7. The van der Waals surface area contributed by atoms with Gasteiger partial charge in [-0.1, -0.05) is 30.3 Å². The summed E-state index contributed by atoms with van der Waals surface area (Å²) < 4.78 is 13.0. The fourth-order valence-electron chi connectivity index (χ4n) is 3.23. The van der Waals surface area contributed by atoms with Crippen LogP contribution in [0, 0.1) is 11.7 Å². The van der Waals surface area contributed by atoms with Crippen LogP contribution >= 0.6 is 0 Å². The molecule has 2 aromatic carbocycles. The van der Waals surface area contributed by atoms with Gasteiger partial charge in [0.15, 0.2) is 0 Å². The van der Waals surface area contributed by atoms with Crippen molar-refractivity contribution in [2.45, 2.75) is 25.7 Å². The van der Waals surface area contributed by atoms with Crippen molar-refractivity contribution in [2.75, 3.05) is 18.0 Å². The van der Waals surface area contributed by atoms with E-state index in [0.29, 0.717) is 31.6 Å². The molecule has 1 unspecified atom stereocenters. The Balaban J connectivity index is 1.40. The maximum Gasteiger partial charge on any atom is 0.227 e. The number of rotatable bonds is 7. The maximum atomic E-state index is 13.0. The van der Waals surface area contributed by atoms with Crippen LogP contribution in [0.15, 0.2) is 54.6 Å². The minimum Gasteiger partial charge on any atom is -0.356 e. The van der Waals surface area contributed by atoms with Crippen LogP contribution in [0.5, 0.6) is 0 Å². The molecular weight excluding hydrogens is 331 g/mol. The monoisotopic (exact) mass is 354 g/mol. The standard InChI is InChI=1S/C21H23FN2O2/c22-18-9-11-19(12-10-18)24-15-17(13-21(24)26)14-23-20(25)8-4-7-16-5-2-1-3-6-16/h1-3,5-6,9-12,17H,4,7-8,13-15H2,(H,23,25). The minimum atomic E-state index is -0.320. The van der Waals surface area contributed by atoms with Gasteiger partial charge in [0.05, 0.1) is 0 Å². The number of amides is 2. The van der Waals surface area contributed by atoms with Crippen molar-refractivity contribution in [2.24, 2.45) is 5.92 Å². The first-order valence-corrected chi connectivity index (χ1v) is 8.98. The molecule has 4 nitrogen and oxygen atoms in total. The van der Waals surface area contributed by atoms with Crippen LogP contribution in [-0.2, 0) is 16.0 Å². The zero-order chi connectivity index (χ0) is 18.4. The van der Waals surface area contributed by atoms with Gasteiger partial charge in [-0.05, 0) is 42.7 Å². The molecule has 1 aliphatic heterocycles. The lowest BCUT2D eigenvalue weighted by molar-refractivity contribution is -0.121. The molecular formula is C21H23FN2O2. The lowest BCUT2D eigenvalue weighted by Crippen LogP contribution is -2.31. The van der Waals surface area contributed by atoms with Crippen LogP contribution in [-0.4, -0.2) is 24.9 Å². The van der Waals surface area contributed by atoms with E-state index in [1.165, 1.54) is 17.7 Å². The van der Waals surface area contributed by atoms with E-state index in [9.17, 15) is 14.0 Å². The second kappa shape index (κ2) is 8.61. The molecule has 1 fully saturated rings. The molecule has 0 aromatic heterocycles. The minimum absolute atomic E-state index is 0.0138. The molecule has 5 heteroatoms. The molecule has 3 rings (SSSR count). The summed E-state index contributed by atoms with van der Waals surface area (Å²) in [6, 6.07) is 16.0. The second-order valence-corrected chi connectivity index (χ2v) is 6.69. The van der Waals surface area contributed by atoms with Crippen molar-refractivity contribution in [1.29, 1.82) is 0 Å². The summed E-state index contributed by atoms with van der Waals surface area (Å²) in [5.74, 6) is -0.195. The van der Waals surface area contributed by atoms with Gasteiger partial charge in [-0.2, -0.15) is 0 Å². The number of benzene rings is 2. The highest BCUT2D eigenvalue weighted by atomic mass is 19.1. The highest BCUT2D eigenvalue weighted by Gasteiger charge is 2.30. The van der Waals surface area contributed by atoms with Crippen molar-refractivity contribution in [1.82, 2.24) is 5.32 Å². The van der Waals surface area contributed by atoms with Gasteiger partial charge in [0.2, 0.25) is 11.8 Å². The quantitative estimate of drug-likeness (QED) is 0.829. The third-order valence-corrected chi connectivity index (χ3v) is 4.64. The number of anilines is 1. The van der Waals surface area contributed by atoms with E-state index in [1.807, 2.05) is 18.2 Å². The summed E-state index contributed by atoms with van der Waals surface area (Å²) >= 11 is 0. The smallest absolute Gasteiger partial charge is 0.227 e. The van der Waals surface area contributed by atoms with Crippen LogP contribution < -0.4 is 10.2 Å². The summed E-state index contributed by atoms with van der Waals surface area (Å²) in [5.41, 5.74) is 1.93. The number of aryl methyl sites for hydroxylation is 1. The van der Waals surface area contributed by atoms with Crippen molar-refractivity contribution in [3.63, 3.8) is 0 Å². The number of carbonyl (C=O) groups excluding carboxylic acids is 2. The van der Waals surface area contributed by atoms with E-state index in [0.717, 1.165) is 12.8 Å². The van der Waals surface area contributed by atoms with E-state index in [-0.39, 0.29) is 23.5 Å². The Morgan fingerprint density at radius 3 is 2.58 bits per heavy atom. The van der Waals surface area contributed by atoms with E-state index >= 15 is 0 Å². The third kappa shape index (κ3) is 4.91. The largest absolute Gasteiger partial charge is 0.356 e. The molecule has 1 saturated heterocycles. The molecule has 2 aromatic rings. The Bertz CT molecular complexity index is 746. The van der Waals surface area contributed by atoms with Gasteiger partial charge in [-0.3, -0.25) is 9.59 Å². The van der Waals surface area contributed by atoms with E-state index in [1.54, 1.807) is 17.0 Å². The number of halogens is 1. The molecule has 26 heavy (non-hydrogen) atoms. The lowest BCUT2D eigenvalue weighted by Gasteiger charge is -2.17. The Kier molecular flexibility index (Phi) is 6.00. The molecule has 1 N–H and O–H groups in total. The van der Waals surface area contributed by atoms with Gasteiger partial charge in [-0.15, -0.1) is 0 Å². The average molecular weight is 354 g/mol. The zero-order valence-corrected chi connectivity index (χ0v) is 14.7. The predicted molar refractivity (Wildman–Crippen MR) is 99.2 cm³/mol. The Hall–Kier alpha value is -2.69. The third-order valence-electron chi connectivity index (χ3n) is 4.64. The number of nitrogens with zero attached hydrogens (tertiary/aromatic N) is 1. The van der Waals surface area contributed by atoms with E-state index in [4.69, 9.17) is 0 Å². The Morgan fingerprint density at radius 2 is 1.85 bits per heavy atom. The summed E-state index contributed by atoms with van der Waals surface area (Å²) in [5, 5.41) is 2.93. The van der Waals surface area contributed by atoms with Crippen molar-refractivity contribution in [3.05, 3.63) is 66.0 Å². The predicted octanol–water partition coefficient (Wildman–Crippen LogP) is 3.32. The summed E-state index contributed by atoms with van der Waals surface area (Å²) in [7, 11) is 0. The number of nitrogens with one attached hydrogen (secondary N) is 1. The molecule has 0 saturated carbocycles. The lowest BCUT2D eigenvalue weighted by atomic mass is 10.1. The highest BCUT2D eigenvalue weighted by Crippen LogP contribution is 2.24. The van der Waals surface area contributed by atoms with Gasteiger partial charge in [0, 0.05) is 37.5 Å². The fraction of sp³-hybridized carbons (Fsp3) is 0.333. The molecule has 1 atom stereocenters. The molecule has 0 spiro atoms. The van der Waals surface area contributed by atoms with Crippen LogP contribution in [0.4, 0.5) is 10.1 Å². The average Bonchev–Trinajstić information content (AvgIpc) is 3.02. The number of hydrogen-bond donors (Lipinski definition) is 1. The van der Waals surface area contributed by atoms with E-state index in [2.05, 4.69) is 17.4 Å². The summed E-state index contributed by atoms with van der Waals surface area (Å²) in [4.78, 5) is 25.8. The number of hydrogen-bond acceptors (Lipinski definition) is 2. The van der Waals surface area contributed by atoms with Crippen LogP contribution in [0.3, 0.4) is 0 Å². The SMILES string of the molecule is O=C(CCCc1ccccc1)NCC1CC(=O)N(c2ccc(F)cc2)C1. The van der Waals surface area contributed by atoms with Crippen molar-refractivity contribution < 1.29 is 14.0 Å². The maximum absolute atomic E-state index is 13.0. The summed E-state index contributed by atoms with van der Waals surface area (Å²) in [6.45, 7) is 1.04. The topological polar surface area (TPSA) is 49.4 Å². The van der Waals surface area contributed by atoms with Crippen molar-refractivity contribution >= 4 is 17.5 Å². The first-order chi connectivity index (χ1) is 12.6. The molecule has 0 radical (unpaired) electrons. The fourth-order valence-corrected chi connectivity index (χ4v) is 3.23. The zero-order valence-electron chi connectivity index (χ0n) is 14.7. The van der Waals surface area contributed by atoms with Crippen LogP contribution in [0.25, 0.3) is 0 Å². The molecule has 0 aliphatic carbocycles.